The van der Waals surface area contributed by atoms with E-state index < -0.39 is 0 Å². The van der Waals surface area contributed by atoms with Crippen LogP contribution < -0.4 is 0 Å². The van der Waals surface area contributed by atoms with Crippen molar-refractivity contribution in [1.29, 1.82) is 0 Å². The molecule has 0 spiro atoms. The Morgan fingerprint density at radius 3 is 2.53 bits per heavy atom. The van der Waals surface area contributed by atoms with Crippen LogP contribution in [0, 0.1) is 0 Å². The standard InChI is InChI=1S/C10H12N4O/c1-2-14-12-10(11-13-14)9-5-3-8(7-15)4-6-9/h3-6,15H,2,7H2,1H3. The molecule has 0 aliphatic rings. The van der Waals surface area contributed by atoms with Gasteiger partial charge >= 0.3 is 0 Å². The molecular formula is C10H12N4O. The maximum absolute atomic E-state index is 8.89. The zero-order chi connectivity index (χ0) is 10.7. The van der Waals surface area contributed by atoms with Crippen molar-refractivity contribution in [2.45, 2.75) is 20.1 Å². The van der Waals surface area contributed by atoms with E-state index in [1.54, 1.807) is 0 Å². The number of aryl methyl sites for hydroxylation is 1. The Bertz CT molecular complexity index is 435. The minimum atomic E-state index is 0.0510. The fourth-order valence-corrected chi connectivity index (χ4v) is 1.25. The number of rotatable bonds is 3. The number of tetrazole rings is 1. The van der Waals surface area contributed by atoms with E-state index in [2.05, 4.69) is 15.4 Å². The van der Waals surface area contributed by atoms with Crippen LogP contribution in [0.4, 0.5) is 0 Å². The van der Waals surface area contributed by atoms with Crippen LogP contribution in [0.2, 0.25) is 0 Å². The number of aliphatic hydroxyl groups is 1. The first-order valence-electron chi connectivity index (χ1n) is 4.81. The fraction of sp³-hybridized carbons (Fsp3) is 0.300. The average Bonchev–Trinajstić information content (AvgIpc) is 2.78. The lowest BCUT2D eigenvalue weighted by molar-refractivity contribution is 0.282. The molecule has 0 unspecified atom stereocenters. The normalized spacial score (nSPS) is 10.5. The predicted molar refractivity (Wildman–Crippen MR) is 54.8 cm³/mol. The first-order valence-corrected chi connectivity index (χ1v) is 4.81. The van der Waals surface area contributed by atoms with Gasteiger partial charge < -0.3 is 5.11 Å². The lowest BCUT2D eigenvalue weighted by Crippen LogP contribution is -1.98. The highest BCUT2D eigenvalue weighted by atomic mass is 16.3. The van der Waals surface area contributed by atoms with Gasteiger partial charge in [0.05, 0.1) is 13.2 Å². The Morgan fingerprint density at radius 1 is 1.27 bits per heavy atom. The molecule has 0 radical (unpaired) electrons. The molecule has 0 saturated carbocycles. The van der Waals surface area contributed by atoms with Crippen LogP contribution in [-0.2, 0) is 13.2 Å². The van der Waals surface area contributed by atoms with Crippen LogP contribution in [0.25, 0.3) is 11.4 Å². The summed E-state index contributed by atoms with van der Waals surface area (Å²) in [6.07, 6.45) is 0. The summed E-state index contributed by atoms with van der Waals surface area (Å²) in [5, 5.41) is 20.9. The number of nitrogens with zero attached hydrogens (tertiary/aromatic N) is 4. The van der Waals surface area contributed by atoms with E-state index in [-0.39, 0.29) is 6.61 Å². The van der Waals surface area contributed by atoms with Gasteiger partial charge in [-0.3, -0.25) is 0 Å². The van der Waals surface area contributed by atoms with E-state index in [4.69, 9.17) is 5.11 Å². The third-order valence-corrected chi connectivity index (χ3v) is 2.13. The number of benzene rings is 1. The number of aromatic nitrogens is 4. The molecule has 0 aliphatic heterocycles. The van der Waals surface area contributed by atoms with Gasteiger partial charge in [0.2, 0.25) is 5.82 Å². The third kappa shape index (κ3) is 2.02. The molecule has 0 bridgehead atoms. The molecule has 5 nitrogen and oxygen atoms in total. The predicted octanol–water partition coefficient (Wildman–Crippen LogP) is 0.852. The Kier molecular flexibility index (Phi) is 2.73. The van der Waals surface area contributed by atoms with Crippen LogP contribution in [-0.4, -0.2) is 25.3 Å². The van der Waals surface area contributed by atoms with E-state index in [0.29, 0.717) is 12.4 Å². The van der Waals surface area contributed by atoms with Gasteiger partial charge in [-0.25, -0.2) is 0 Å². The smallest absolute Gasteiger partial charge is 0.204 e. The number of hydrogen-bond acceptors (Lipinski definition) is 4. The largest absolute Gasteiger partial charge is 0.392 e. The van der Waals surface area contributed by atoms with Gasteiger partial charge in [-0.2, -0.15) is 4.80 Å². The maximum Gasteiger partial charge on any atom is 0.204 e. The van der Waals surface area contributed by atoms with Crippen LogP contribution in [0.1, 0.15) is 12.5 Å². The Labute approximate surface area is 87.4 Å². The minimum absolute atomic E-state index is 0.0510. The summed E-state index contributed by atoms with van der Waals surface area (Å²) in [5.41, 5.74) is 1.79. The van der Waals surface area contributed by atoms with Crippen molar-refractivity contribution in [3.8, 4) is 11.4 Å². The van der Waals surface area contributed by atoms with Crippen LogP contribution in [0.3, 0.4) is 0 Å². The van der Waals surface area contributed by atoms with Crippen LogP contribution in [0.5, 0.6) is 0 Å². The number of aliphatic hydroxyl groups excluding tert-OH is 1. The van der Waals surface area contributed by atoms with E-state index in [0.717, 1.165) is 11.1 Å². The SMILES string of the molecule is CCn1nnc(-c2ccc(CO)cc2)n1. The van der Waals surface area contributed by atoms with Crippen molar-refractivity contribution >= 4 is 0 Å². The summed E-state index contributed by atoms with van der Waals surface area (Å²) in [5.74, 6) is 0.612. The summed E-state index contributed by atoms with van der Waals surface area (Å²) in [6, 6.07) is 7.45. The van der Waals surface area contributed by atoms with Crippen molar-refractivity contribution in [2.24, 2.45) is 0 Å². The quantitative estimate of drug-likeness (QED) is 0.805. The summed E-state index contributed by atoms with van der Waals surface area (Å²) >= 11 is 0. The molecule has 5 heteroatoms. The van der Waals surface area contributed by atoms with Crippen molar-refractivity contribution in [2.75, 3.05) is 0 Å². The molecule has 0 aliphatic carbocycles. The van der Waals surface area contributed by atoms with Gasteiger partial charge in [0.15, 0.2) is 0 Å². The summed E-state index contributed by atoms with van der Waals surface area (Å²) < 4.78 is 0. The minimum Gasteiger partial charge on any atom is -0.392 e. The van der Waals surface area contributed by atoms with Crippen molar-refractivity contribution in [3.63, 3.8) is 0 Å². The lowest BCUT2D eigenvalue weighted by Gasteiger charge is -1.96. The first kappa shape index (κ1) is 9.79. The molecule has 15 heavy (non-hydrogen) atoms. The molecule has 78 valence electrons. The van der Waals surface area contributed by atoms with Gasteiger partial charge in [0.1, 0.15) is 0 Å². The van der Waals surface area contributed by atoms with E-state index in [1.807, 2.05) is 31.2 Å². The Balaban J connectivity index is 2.28. The highest BCUT2D eigenvalue weighted by Crippen LogP contribution is 2.14. The van der Waals surface area contributed by atoms with Crippen LogP contribution >= 0.6 is 0 Å². The second kappa shape index (κ2) is 4.18. The molecule has 1 aromatic carbocycles. The Hall–Kier alpha value is -1.75. The molecule has 1 aromatic heterocycles. The Morgan fingerprint density at radius 2 is 2.00 bits per heavy atom. The summed E-state index contributed by atoms with van der Waals surface area (Å²) in [6.45, 7) is 2.72. The first-order chi connectivity index (χ1) is 7.33. The monoisotopic (exact) mass is 204 g/mol. The van der Waals surface area contributed by atoms with Crippen molar-refractivity contribution in [3.05, 3.63) is 29.8 Å². The highest BCUT2D eigenvalue weighted by molar-refractivity contribution is 5.54. The molecule has 1 heterocycles. The molecule has 1 N–H and O–H groups in total. The molecule has 2 aromatic rings. The number of hydrogen-bond donors (Lipinski definition) is 1. The van der Waals surface area contributed by atoms with E-state index >= 15 is 0 Å². The van der Waals surface area contributed by atoms with Gasteiger partial charge in [-0.15, -0.1) is 10.2 Å². The molecular weight excluding hydrogens is 192 g/mol. The van der Waals surface area contributed by atoms with E-state index in [1.165, 1.54) is 4.80 Å². The second-order valence-corrected chi connectivity index (χ2v) is 3.16. The zero-order valence-corrected chi connectivity index (χ0v) is 8.46. The fourth-order valence-electron chi connectivity index (χ4n) is 1.25. The molecule has 0 fully saturated rings. The summed E-state index contributed by atoms with van der Waals surface area (Å²) in [7, 11) is 0. The molecule has 0 saturated heterocycles. The average molecular weight is 204 g/mol. The molecule has 0 atom stereocenters. The van der Waals surface area contributed by atoms with Crippen molar-refractivity contribution < 1.29 is 5.11 Å². The second-order valence-electron chi connectivity index (χ2n) is 3.16. The highest BCUT2D eigenvalue weighted by Gasteiger charge is 2.04. The lowest BCUT2D eigenvalue weighted by atomic mass is 10.1. The zero-order valence-electron chi connectivity index (χ0n) is 8.46. The van der Waals surface area contributed by atoms with Gasteiger partial charge in [0, 0.05) is 5.56 Å². The van der Waals surface area contributed by atoms with Crippen LogP contribution in [0.15, 0.2) is 24.3 Å². The topological polar surface area (TPSA) is 63.8 Å². The van der Waals surface area contributed by atoms with Gasteiger partial charge in [-0.1, -0.05) is 24.3 Å². The molecule has 0 amide bonds. The van der Waals surface area contributed by atoms with Gasteiger partial charge in [-0.05, 0) is 17.7 Å². The maximum atomic E-state index is 8.89. The van der Waals surface area contributed by atoms with E-state index in [9.17, 15) is 0 Å². The third-order valence-electron chi connectivity index (χ3n) is 2.13. The van der Waals surface area contributed by atoms with Crippen molar-refractivity contribution in [1.82, 2.24) is 20.2 Å². The molecule has 2 rings (SSSR count). The van der Waals surface area contributed by atoms with Gasteiger partial charge in [0.25, 0.3) is 0 Å². The summed E-state index contributed by atoms with van der Waals surface area (Å²) in [4.78, 5) is 1.54.